The number of aliphatic hydroxyl groups is 1. The van der Waals surface area contributed by atoms with E-state index in [0.29, 0.717) is 12.2 Å². The van der Waals surface area contributed by atoms with E-state index in [1.54, 1.807) is 0 Å². The monoisotopic (exact) mass is 356 g/mol. The quantitative estimate of drug-likeness (QED) is 0.821. The zero-order valence-electron chi connectivity index (χ0n) is 12.7. The van der Waals surface area contributed by atoms with Crippen LogP contribution in [0, 0.1) is 5.41 Å². The van der Waals surface area contributed by atoms with Crippen molar-refractivity contribution in [3.05, 3.63) is 22.4 Å². The number of nitrogens with zero attached hydrogens (tertiary/aromatic N) is 1. The van der Waals surface area contributed by atoms with Crippen molar-refractivity contribution in [2.75, 3.05) is 13.2 Å². The van der Waals surface area contributed by atoms with Crippen LogP contribution in [0.15, 0.2) is 16.7 Å². The van der Waals surface area contributed by atoms with E-state index in [2.05, 4.69) is 28.2 Å². The Morgan fingerprint density at radius 3 is 2.76 bits per heavy atom. The van der Waals surface area contributed by atoms with Crippen LogP contribution in [0.5, 0.6) is 0 Å². The summed E-state index contributed by atoms with van der Waals surface area (Å²) in [5.41, 5.74) is 0.570. The van der Waals surface area contributed by atoms with Crippen LogP contribution in [0.4, 0.5) is 0 Å². The van der Waals surface area contributed by atoms with Crippen molar-refractivity contribution >= 4 is 21.8 Å². The van der Waals surface area contributed by atoms with E-state index in [4.69, 9.17) is 0 Å². The molecule has 0 aromatic carbocycles. The molecular formula is C16H25BrN2O2. The molecule has 1 heterocycles. The largest absolute Gasteiger partial charge is 0.396 e. The number of hydrogen-bond donors (Lipinski definition) is 2. The van der Waals surface area contributed by atoms with E-state index in [-0.39, 0.29) is 17.9 Å². The number of hydrogen-bond acceptors (Lipinski definition) is 2. The molecule has 118 valence electrons. The molecule has 0 unspecified atom stereocenters. The third kappa shape index (κ3) is 4.10. The van der Waals surface area contributed by atoms with E-state index in [0.717, 1.165) is 43.1 Å². The van der Waals surface area contributed by atoms with E-state index in [9.17, 15) is 9.90 Å². The fourth-order valence-electron chi connectivity index (χ4n) is 3.14. The first-order valence-electron chi connectivity index (χ1n) is 7.85. The minimum atomic E-state index is -0.118. The molecule has 1 aromatic rings. The molecule has 0 aliphatic heterocycles. The lowest BCUT2D eigenvalue weighted by molar-refractivity contribution is 0.0713. The van der Waals surface area contributed by atoms with Crippen LogP contribution in [0.1, 0.15) is 55.9 Å². The molecule has 1 aliphatic rings. The van der Waals surface area contributed by atoms with Gasteiger partial charge in [-0.15, -0.1) is 0 Å². The number of carbonyl (C=O) groups excluding carboxylic acids is 1. The highest BCUT2D eigenvalue weighted by Crippen LogP contribution is 2.35. The lowest BCUT2D eigenvalue weighted by Gasteiger charge is -2.35. The van der Waals surface area contributed by atoms with Gasteiger partial charge in [0.25, 0.3) is 5.91 Å². The van der Waals surface area contributed by atoms with Gasteiger partial charge < -0.3 is 15.0 Å². The SMILES string of the molecule is CCCn1cc(Br)cc1C(=O)NCC1(CO)CCCCC1. The highest BCUT2D eigenvalue weighted by Gasteiger charge is 2.32. The van der Waals surface area contributed by atoms with Gasteiger partial charge in [0.05, 0.1) is 6.61 Å². The summed E-state index contributed by atoms with van der Waals surface area (Å²) in [7, 11) is 0. The Labute approximate surface area is 135 Å². The number of nitrogens with one attached hydrogen (secondary N) is 1. The maximum absolute atomic E-state index is 12.4. The molecule has 0 atom stereocenters. The molecule has 1 aliphatic carbocycles. The maximum Gasteiger partial charge on any atom is 0.267 e. The van der Waals surface area contributed by atoms with E-state index in [1.165, 1.54) is 6.42 Å². The second-order valence-electron chi connectivity index (χ2n) is 6.14. The van der Waals surface area contributed by atoms with Gasteiger partial charge in [-0.3, -0.25) is 4.79 Å². The summed E-state index contributed by atoms with van der Waals surface area (Å²) in [6, 6.07) is 1.86. The van der Waals surface area contributed by atoms with Gasteiger partial charge in [0.2, 0.25) is 0 Å². The minimum Gasteiger partial charge on any atom is -0.396 e. The molecule has 2 rings (SSSR count). The van der Waals surface area contributed by atoms with Gasteiger partial charge in [-0.25, -0.2) is 0 Å². The number of aromatic nitrogens is 1. The number of rotatable bonds is 6. The van der Waals surface area contributed by atoms with Gasteiger partial charge in [-0.2, -0.15) is 0 Å². The van der Waals surface area contributed by atoms with Gasteiger partial charge in [-0.05, 0) is 41.3 Å². The zero-order valence-corrected chi connectivity index (χ0v) is 14.3. The summed E-state index contributed by atoms with van der Waals surface area (Å²) in [5.74, 6) is -0.0486. The molecule has 0 saturated heterocycles. The molecule has 1 fully saturated rings. The van der Waals surface area contributed by atoms with Crippen LogP contribution in [-0.4, -0.2) is 28.7 Å². The highest BCUT2D eigenvalue weighted by atomic mass is 79.9. The second-order valence-corrected chi connectivity index (χ2v) is 7.05. The van der Waals surface area contributed by atoms with E-state index >= 15 is 0 Å². The predicted molar refractivity (Wildman–Crippen MR) is 87.4 cm³/mol. The van der Waals surface area contributed by atoms with Crippen molar-refractivity contribution < 1.29 is 9.90 Å². The van der Waals surface area contributed by atoms with E-state index in [1.807, 2.05) is 16.8 Å². The second kappa shape index (κ2) is 7.45. The van der Waals surface area contributed by atoms with Crippen LogP contribution >= 0.6 is 15.9 Å². The zero-order chi connectivity index (χ0) is 15.3. The van der Waals surface area contributed by atoms with Gasteiger partial charge in [0, 0.05) is 29.2 Å². The normalized spacial score (nSPS) is 17.7. The van der Waals surface area contributed by atoms with Crippen molar-refractivity contribution in [2.24, 2.45) is 5.41 Å². The summed E-state index contributed by atoms with van der Waals surface area (Å²) in [5, 5.41) is 12.7. The summed E-state index contributed by atoms with van der Waals surface area (Å²) in [6.45, 7) is 3.65. The first kappa shape index (κ1) is 16.6. The van der Waals surface area contributed by atoms with Crippen molar-refractivity contribution in [1.29, 1.82) is 0 Å². The molecule has 4 nitrogen and oxygen atoms in total. The van der Waals surface area contributed by atoms with Gasteiger partial charge in [-0.1, -0.05) is 26.2 Å². The smallest absolute Gasteiger partial charge is 0.267 e. The number of carbonyl (C=O) groups is 1. The van der Waals surface area contributed by atoms with Crippen molar-refractivity contribution in [3.63, 3.8) is 0 Å². The average Bonchev–Trinajstić information content (AvgIpc) is 2.87. The van der Waals surface area contributed by atoms with Gasteiger partial charge >= 0.3 is 0 Å². The Hall–Kier alpha value is -0.810. The van der Waals surface area contributed by atoms with Crippen molar-refractivity contribution in [3.8, 4) is 0 Å². The summed E-state index contributed by atoms with van der Waals surface area (Å²) in [4.78, 5) is 12.4. The molecule has 5 heteroatoms. The molecule has 21 heavy (non-hydrogen) atoms. The molecule has 0 bridgehead atoms. The topological polar surface area (TPSA) is 54.3 Å². The molecule has 1 saturated carbocycles. The van der Waals surface area contributed by atoms with E-state index < -0.39 is 0 Å². The third-order valence-electron chi connectivity index (χ3n) is 4.43. The molecule has 0 spiro atoms. The third-order valence-corrected chi connectivity index (χ3v) is 4.87. The number of amides is 1. The molecule has 1 aromatic heterocycles. The summed E-state index contributed by atoms with van der Waals surface area (Å²) >= 11 is 3.43. The maximum atomic E-state index is 12.4. The fourth-order valence-corrected chi connectivity index (χ4v) is 3.61. The fraction of sp³-hybridized carbons (Fsp3) is 0.688. The first-order valence-corrected chi connectivity index (χ1v) is 8.64. The molecular weight excluding hydrogens is 332 g/mol. The van der Waals surface area contributed by atoms with Gasteiger partial charge in [0.15, 0.2) is 0 Å². The molecule has 0 radical (unpaired) electrons. The molecule has 1 amide bonds. The lowest BCUT2D eigenvalue weighted by Crippen LogP contribution is -2.41. The van der Waals surface area contributed by atoms with Crippen LogP contribution < -0.4 is 5.32 Å². The summed E-state index contributed by atoms with van der Waals surface area (Å²) in [6.07, 6.45) is 8.47. The predicted octanol–water partition coefficient (Wildman–Crippen LogP) is 3.33. The van der Waals surface area contributed by atoms with Crippen LogP contribution in [0.3, 0.4) is 0 Å². The van der Waals surface area contributed by atoms with Gasteiger partial charge in [0.1, 0.15) is 5.69 Å². The van der Waals surface area contributed by atoms with Crippen molar-refractivity contribution in [1.82, 2.24) is 9.88 Å². The van der Waals surface area contributed by atoms with Crippen LogP contribution in [-0.2, 0) is 6.54 Å². The van der Waals surface area contributed by atoms with Crippen molar-refractivity contribution in [2.45, 2.75) is 52.0 Å². The number of aryl methyl sites for hydroxylation is 1. The first-order chi connectivity index (χ1) is 10.1. The number of aliphatic hydroxyl groups excluding tert-OH is 1. The highest BCUT2D eigenvalue weighted by molar-refractivity contribution is 9.10. The van der Waals surface area contributed by atoms with Crippen LogP contribution in [0.2, 0.25) is 0 Å². The Balaban J connectivity index is 2.00. The Bertz CT molecular complexity index is 479. The molecule has 2 N–H and O–H groups in total. The standard InChI is InChI=1S/C16H25BrN2O2/c1-2-8-19-10-13(17)9-14(19)15(21)18-11-16(12-20)6-4-3-5-7-16/h9-10,20H,2-8,11-12H2,1H3,(H,18,21). The average molecular weight is 357 g/mol. The Morgan fingerprint density at radius 1 is 1.43 bits per heavy atom. The Morgan fingerprint density at radius 2 is 2.14 bits per heavy atom. The Kier molecular flexibility index (Phi) is 5.88. The summed E-state index contributed by atoms with van der Waals surface area (Å²) < 4.78 is 2.90. The lowest BCUT2D eigenvalue weighted by atomic mass is 9.74. The minimum absolute atomic E-state index is 0.0486. The number of halogens is 1. The van der Waals surface area contributed by atoms with Crippen LogP contribution in [0.25, 0.3) is 0 Å².